The fourth-order valence-electron chi connectivity index (χ4n) is 2.63. The van der Waals surface area contributed by atoms with E-state index in [0.29, 0.717) is 18.7 Å². The number of hydrogen-bond donors (Lipinski definition) is 1. The summed E-state index contributed by atoms with van der Waals surface area (Å²) in [6, 6.07) is 9.21. The van der Waals surface area contributed by atoms with Crippen molar-refractivity contribution >= 4 is 15.9 Å². The minimum Gasteiger partial charge on any atom is -0.492 e. The number of nitrogens with zero attached hydrogens (tertiary/aromatic N) is 1. The lowest BCUT2D eigenvalue weighted by Crippen LogP contribution is -2.52. The van der Waals surface area contributed by atoms with Gasteiger partial charge in [0.2, 0.25) is 0 Å². The van der Waals surface area contributed by atoms with Gasteiger partial charge in [-0.15, -0.1) is 0 Å². The number of ether oxygens (including phenoxy) is 1. The van der Waals surface area contributed by atoms with Crippen molar-refractivity contribution < 1.29 is 4.74 Å². The Bertz CT molecular complexity index is 389. The molecule has 2 rings (SSSR count). The van der Waals surface area contributed by atoms with Crippen LogP contribution in [0.25, 0.3) is 0 Å². The summed E-state index contributed by atoms with van der Waals surface area (Å²) >= 11 is 3.45. The van der Waals surface area contributed by atoms with Crippen molar-refractivity contribution in [3.8, 4) is 5.75 Å². The highest BCUT2D eigenvalue weighted by atomic mass is 79.9. The predicted molar refractivity (Wildman–Crippen MR) is 82.3 cm³/mol. The quantitative estimate of drug-likeness (QED) is 0.837. The first-order valence-corrected chi connectivity index (χ1v) is 7.86. The number of nitrogens with one attached hydrogen (secondary N) is 1. The van der Waals surface area contributed by atoms with E-state index in [2.05, 4.69) is 40.2 Å². The normalized spacial score (nSPS) is 24.4. The van der Waals surface area contributed by atoms with Crippen LogP contribution < -0.4 is 10.2 Å². The van der Waals surface area contributed by atoms with Crippen molar-refractivity contribution in [2.45, 2.75) is 45.2 Å². The van der Waals surface area contributed by atoms with Gasteiger partial charge in [-0.3, -0.25) is 5.43 Å². The molecule has 1 aromatic rings. The summed E-state index contributed by atoms with van der Waals surface area (Å²) in [6.45, 7) is 6.11. The number of benzene rings is 1. The number of halogens is 1. The van der Waals surface area contributed by atoms with Gasteiger partial charge in [0.25, 0.3) is 0 Å². The van der Waals surface area contributed by atoms with Gasteiger partial charge in [-0.25, -0.2) is 5.01 Å². The van der Waals surface area contributed by atoms with Crippen molar-refractivity contribution in [3.63, 3.8) is 0 Å². The maximum absolute atomic E-state index is 5.73. The molecule has 0 spiro atoms. The zero-order valence-corrected chi connectivity index (χ0v) is 13.3. The number of rotatable bonds is 5. The van der Waals surface area contributed by atoms with E-state index >= 15 is 0 Å². The first kappa shape index (κ1) is 14.8. The van der Waals surface area contributed by atoms with E-state index in [4.69, 9.17) is 4.74 Å². The highest BCUT2D eigenvalue weighted by molar-refractivity contribution is 9.10. The molecule has 3 nitrogen and oxygen atoms in total. The molecular weight excluding hydrogens is 304 g/mol. The molecule has 0 bridgehead atoms. The van der Waals surface area contributed by atoms with Gasteiger partial charge in [0.05, 0.1) is 0 Å². The van der Waals surface area contributed by atoms with Gasteiger partial charge in [-0.05, 0) is 44.9 Å². The molecule has 0 aliphatic carbocycles. The van der Waals surface area contributed by atoms with E-state index in [1.54, 1.807) is 0 Å². The molecule has 4 heteroatoms. The fourth-order valence-corrected chi connectivity index (χ4v) is 3.01. The molecule has 2 unspecified atom stereocenters. The Kier molecular flexibility index (Phi) is 5.67. The second-order valence-corrected chi connectivity index (χ2v) is 6.17. The van der Waals surface area contributed by atoms with Crippen LogP contribution in [0.2, 0.25) is 0 Å². The van der Waals surface area contributed by atoms with Gasteiger partial charge < -0.3 is 4.74 Å². The molecule has 19 heavy (non-hydrogen) atoms. The minimum atomic E-state index is 0.620. The summed E-state index contributed by atoms with van der Waals surface area (Å²) < 4.78 is 6.78. The lowest BCUT2D eigenvalue weighted by atomic mass is 10.00. The van der Waals surface area contributed by atoms with Gasteiger partial charge in [-0.1, -0.05) is 28.4 Å². The molecule has 0 aromatic heterocycles. The number of hydrogen-bond acceptors (Lipinski definition) is 3. The van der Waals surface area contributed by atoms with Crippen LogP contribution in [0.5, 0.6) is 5.75 Å². The molecule has 1 aliphatic rings. The fraction of sp³-hybridized carbons (Fsp3) is 0.600. The average Bonchev–Trinajstić information content (AvgIpc) is 2.37. The molecule has 2 atom stereocenters. The minimum absolute atomic E-state index is 0.620. The molecular formula is C15H23BrN2O. The van der Waals surface area contributed by atoms with Crippen molar-refractivity contribution in [3.05, 3.63) is 28.7 Å². The van der Waals surface area contributed by atoms with Crippen LogP contribution in [-0.2, 0) is 0 Å². The Morgan fingerprint density at radius 2 is 2.05 bits per heavy atom. The third-order valence-electron chi connectivity index (χ3n) is 3.65. The summed E-state index contributed by atoms with van der Waals surface area (Å²) in [5, 5.41) is 2.38. The Balaban J connectivity index is 1.71. The van der Waals surface area contributed by atoms with Crippen molar-refractivity contribution in [2.75, 3.05) is 13.2 Å². The van der Waals surface area contributed by atoms with Gasteiger partial charge >= 0.3 is 0 Å². The molecule has 0 amide bonds. The number of piperidine rings is 1. The van der Waals surface area contributed by atoms with Gasteiger partial charge in [0, 0.05) is 23.1 Å². The molecule has 1 heterocycles. The molecule has 1 aromatic carbocycles. The Morgan fingerprint density at radius 3 is 2.74 bits per heavy atom. The SMILES string of the molecule is CC1CCCC(C)N1NCCOc1cccc(Br)c1. The number of hydrazine groups is 1. The molecule has 106 valence electrons. The Labute approximate surface area is 124 Å². The van der Waals surface area contributed by atoms with E-state index in [9.17, 15) is 0 Å². The topological polar surface area (TPSA) is 24.5 Å². The Morgan fingerprint density at radius 1 is 1.32 bits per heavy atom. The van der Waals surface area contributed by atoms with Crippen LogP contribution >= 0.6 is 15.9 Å². The lowest BCUT2D eigenvalue weighted by Gasteiger charge is -2.39. The largest absolute Gasteiger partial charge is 0.492 e. The second-order valence-electron chi connectivity index (χ2n) is 5.25. The zero-order valence-electron chi connectivity index (χ0n) is 11.7. The molecule has 1 N–H and O–H groups in total. The maximum Gasteiger partial charge on any atom is 0.120 e. The molecule has 1 aliphatic heterocycles. The van der Waals surface area contributed by atoms with Crippen molar-refractivity contribution in [2.24, 2.45) is 0 Å². The van der Waals surface area contributed by atoms with E-state index < -0.39 is 0 Å². The van der Waals surface area contributed by atoms with Crippen LogP contribution in [0.1, 0.15) is 33.1 Å². The van der Waals surface area contributed by atoms with Crippen molar-refractivity contribution in [1.82, 2.24) is 10.4 Å². The third kappa shape index (κ3) is 4.48. The maximum atomic E-state index is 5.73. The van der Waals surface area contributed by atoms with E-state index in [-0.39, 0.29) is 0 Å². The van der Waals surface area contributed by atoms with Crippen LogP contribution in [0.15, 0.2) is 28.7 Å². The van der Waals surface area contributed by atoms with Gasteiger partial charge in [0.15, 0.2) is 0 Å². The van der Waals surface area contributed by atoms with Crippen LogP contribution in [0.3, 0.4) is 0 Å². The lowest BCUT2D eigenvalue weighted by molar-refractivity contribution is 0.0417. The Hall–Kier alpha value is -0.580. The first-order chi connectivity index (χ1) is 9.16. The highest BCUT2D eigenvalue weighted by Gasteiger charge is 2.23. The van der Waals surface area contributed by atoms with Crippen molar-refractivity contribution in [1.29, 1.82) is 0 Å². The van der Waals surface area contributed by atoms with E-state index in [0.717, 1.165) is 16.8 Å². The van der Waals surface area contributed by atoms with E-state index in [1.807, 2.05) is 24.3 Å². The molecule has 1 saturated heterocycles. The monoisotopic (exact) mass is 326 g/mol. The molecule has 1 fully saturated rings. The average molecular weight is 327 g/mol. The van der Waals surface area contributed by atoms with Gasteiger partial charge in [-0.2, -0.15) is 0 Å². The summed E-state index contributed by atoms with van der Waals surface area (Å²) in [7, 11) is 0. The summed E-state index contributed by atoms with van der Waals surface area (Å²) in [5.74, 6) is 0.913. The zero-order chi connectivity index (χ0) is 13.7. The highest BCUT2D eigenvalue weighted by Crippen LogP contribution is 2.20. The van der Waals surface area contributed by atoms with Crippen LogP contribution in [0, 0.1) is 0 Å². The first-order valence-electron chi connectivity index (χ1n) is 7.07. The molecule has 0 radical (unpaired) electrons. The predicted octanol–water partition coefficient (Wildman–Crippen LogP) is 3.60. The summed E-state index contributed by atoms with van der Waals surface area (Å²) in [5.41, 5.74) is 3.50. The standard InChI is InChI=1S/C15H23BrN2O/c1-12-5-3-6-13(2)18(12)17-9-10-19-15-8-4-7-14(16)11-15/h4,7-8,11-13,17H,3,5-6,9-10H2,1-2H3. The molecule has 0 saturated carbocycles. The van der Waals surface area contributed by atoms with Crippen LogP contribution in [0.4, 0.5) is 0 Å². The van der Waals surface area contributed by atoms with Gasteiger partial charge in [0.1, 0.15) is 12.4 Å². The van der Waals surface area contributed by atoms with Crippen LogP contribution in [-0.4, -0.2) is 30.2 Å². The summed E-state index contributed by atoms with van der Waals surface area (Å²) in [4.78, 5) is 0. The van der Waals surface area contributed by atoms with E-state index in [1.165, 1.54) is 19.3 Å². The third-order valence-corrected chi connectivity index (χ3v) is 4.15. The smallest absolute Gasteiger partial charge is 0.120 e. The summed E-state index contributed by atoms with van der Waals surface area (Å²) in [6.07, 6.45) is 3.91. The second kappa shape index (κ2) is 7.27.